The standard InChI is InChI=1S/C18H29N3O2/c1-11-13(3)18(14(4)12(2)17(11)19)23-10-16(22)21(5)15-6-8-20-9-7-15/h15,20H,6-10,19H2,1-5H3. The van der Waals surface area contributed by atoms with Gasteiger partial charge in [-0.2, -0.15) is 0 Å². The smallest absolute Gasteiger partial charge is 0.260 e. The van der Waals surface area contributed by atoms with Crippen LogP contribution in [0.5, 0.6) is 5.75 Å². The van der Waals surface area contributed by atoms with E-state index in [1.165, 1.54) is 0 Å². The number of hydrogen-bond acceptors (Lipinski definition) is 4. The number of nitrogens with two attached hydrogens (primary N) is 1. The molecule has 5 nitrogen and oxygen atoms in total. The van der Waals surface area contributed by atoms with Crippen molar-refractivity contribution in [2.75, 3.05) is 32.5 Å². The number of benzene rings is 1. The van der Waals surface area contributed by atoms with E-state index in [0.29, 0.717) is 6.04 Å². The van der Waals surface area contributed by atoms with Gasteiger partial charge < -0.3 is 20.7 Å². The number of rotatable bonds is 4. The quantitative estimate of drug-likeness (QED) is 0.834. The Labute approximate surface area is 139 Å². The Morgan fingerprint density at radius 1 is 1.13 bits per heavy atom. The van der Waals surface area contributed by atoms with Crippen LogP contribution >= 0.6 is 0 Å². The zero-order valence-corrected chi connectivity index (χ0v) is 15.0. The molecule has 0 bridgehead atoms. The minimum atomic E-state index is 0.0304. The summed E-state index contributed by atoms with van der Waals surface area (Å²) < 4.78 is 5.90. The Morgan fingerprint density at radius 2 is 1.65 bits per heavy atom. The number of ether oxygens (including phenoxy) is 1. The highest BCUT2D eigenvalue weighted by molar-refractivity contribution is 5.78. The molecule has 1 aromatic rings. The average molecular weight is 319 g/mol. The second-order valence-electron chi connectivity index (χ2n) is 6.52. The zero-order valence-electron chi connectivity index (χ0n) is 15.0. The summed E-state index contributed by atoms with van der Waals surface area (Å²) in [7, 11) is 1.88. The van der Waals surface area contributed by atoms with E-state index in [2.05, 4.69) is 5.32 Å². The van der Waals surface area contributed by atoms with E-state index >= 15 is 0 Å². The van der Waals surface area contributed by atoms with E-state index in [0.717, 1.165) is 59.6 Å². The van der Waals surface area contributed by atoms with Crippen molar-refractivity contribution in [2.45, 2.75) is 46.6 Å². The van der Waals surface area contributed by atoms with Crippen molar-refractivity contribution in [3.63, 3.8) is 0 Å². The Bertz CT molecular complexity index is 563. The number of nitrogen functional groups attached to an aromatic ring is 1. The molecule has 3 N–H and O–H groups in total. The Morgan fingerprint density at radius 3 is 2.17 bits per heavy atom. The van der Waals surface area contributed by atoms with Gasteiger partial charge >= 0.3 is 0 Å². The van der Waals surface area contributed by atoms with E-state index in [1.807, 2.05) is 39.6 Å². The Kier molecular flexibility index (Phi) is 5.52. The van der Waals surface area contributed by atoms with Crippen LogP contribution in [-0.2, 0) is 4.79 Å². The van der Waals surface area contributed by atoms with Crippen LogP contribution in [0.25, 0.3) is 0 Å². The van der Waals surface area contributed by atoms with Crippen LogP contribution in [0.3, 0.4) is 0 Å². The van der Waals surface area contributed by atoms with Crippen molar-refractivity contribution < 1.29 is 9.53 Å². The van der Waals surface area contributed by atoms with Crippen LogP contribution in [0.15, 0.2) is 0 Å². The van der Waals surface area contributed by atoms with Gasteiger partial charge in [0.25, 0.3) is 5.91 Å². The number of hydrogen-bond donors (Lipinski definition) is 2. The van der Waals surface area contributed by atoms with Gasteiger partial charge in [0.1, 0.15) is 5.75 Å². The van der Waals surface area contributed by atoms with E-state index in [9.17, 15) is 4.79 Å². The summed E-state index contributed by atoms with van der Waals surface area (Å²) in [6, 6.07) is 0.310. The van der Waals surface area contributed by atoms with E-state index in [1.54, 1.807) is 0 Å². The first-order chi connectivity index (χ1) is 10.8. The van der Waals surface area contributed by atoms with Gasteiger partial charge in [-0.15, -0.1) is 0 Å². The lowest BCUT2D eigenvalue weighted by Crippen LogP contribution is -2.45. The van der Waals surface area contributed by atoms with Crippen LogP contribution < -0.4 is 15.8 Å². The predicted molar refractivity (Wildman–Crippen MR) is 94.0 cm³/mol. The number of amides is 1. The minimum absolute atomic E-state index is 0.0304. The van der Waals surface area contributed by atoms with Crippen molar-refractivity contribution >= 4 is 11.6 Å². The van der Waals surface area contributed by atoms with E-state index in [-0.39, 0.29) is 12.5 Å². The zero-order chi connectivity index (χ0) is 17.1. The molecule has 1 fully saturated rings. The molecule has 0 atom stereocenters. The van der Waals surface area contributed by atoms with E-state index < -0.39 is 0 Å². The maximum Gasteiger partial charge on any atom is 0.260 e. The SMILES string of the molecule is Cc1c(C)c(OCC(=O)N(C)C2CCNCC2)c(C)c(C)c1N. The van der Waals surface area contributed by atoms with Gasteiger partial charge in [-0.05, 0) is 75.9 Å². The summed E-state index contributed by atoms with van der Waals surface area (Å²) in [4.78, 5) is 14.3. The normalized spacial score (nSPS) is 15.5. The third kappa shape index (κ3) is 3.61. The number of nitrogens with one attached hydrogen (secondary N) is 1. The van der Waals surface area contributed by atoms with Gasteiger partial charge in [-0.25, -0.2) is 0 Å². The Hall–Kier alpha value is -1.75. The van der Waals surface area contributed by atoms with Crippen molar-refractivity contribution in [2.24, 2.45) is 0 Å². The van der Waals surface area contributed by atoms with Gasteiger partial charge in [0, 0.05) is 18.8 Å². The molecule has 23 heavy (non-hydrogen) atoms. The summed E-state index contributed by atoms with van der Waals surface area (Å²) >= 11 is 0. The lowest BCUT2D eigenvalue weighted by molar-refractivity contribution is -0.134. The van der Waals surface area contributed by atoms with Crippen LogP contribution in [0.2, 0.25) is 0 Å². The molecule has 0 aromatic heterocycles. The van der Waals surface area contributed by atoms with Crippen LogP contribution in [0.4, 0.5) is 5.69 Å². The summed E-state index contributed by atoms with van der Waals surface area (Å²) in [5.41, 5.74) is 11.0. The summed E-state index contributed by atoms with van der Waals surface area (Å²) in [5, 5.41) is 3.32. The van der Waals surface area contributed by atoms with Gasteiger partial charge in [0.05, 0.1) is 0 Å². The molecular weight excluding hydrogens is 290 g/mol. The molecule has 1 aliphatic heterocycles. The maximum atomic E-state index is 12.4. The van der Waals surface area contributed by atoms with Crippen LogP contribution in [-0.4, -0.2) is 43.6 Å². The van der Waals surface area contributed by atoms with E-state index in [4.69, 9.17) is 10.5 Å². The average Bonchev–Trinajstić information content (AvgIpc) is 2.58. The first-order valence-electron chi connectivity index (χ1n) is 8.29. The number of piperidine rings is 1. The van der Waals surface area contributed by atoms with Crippen LogP contribution in [0, 0.1) is 27.7 Å². The number of likely N-dealkylation sites (N-methyl/N-ethyl adjacent to an activating group) is 1. The lowest BCUT2D eigenvalue weighted by atomic mass is 9.97. The second kappa shape index (κ2) is 7.21. The van der Waals surface area contributed by atoms with Gasteiger partial charge in [0.15, 0.2) is 6.61 Å². The number of anilines is 1. The Balaban J connectivity index is 2.07. The highest BCUT2D eigenvalue weighted by Gasteiger charge is 2.23. The predicted octanol–water partition coefficient (Wildman–Crippen LogP) is 2.09. The molecule has 0 unspecified atom stereocenters. The molecule has 0 spiro atoms. The topological polar surface area (TPSA) is 67.6 Å². The first-order valence-corrected chi connectivity index (χ1v) is 8.29. The largest absolute Gasteiger partial charge is 0.483 e. The molecule has 0 aliphatic carbocycles. The van der Waals surface area contributed by atoms with Crippen molar-refractivity contribution in [3.05, 3.63) is 22.3 Å². The fourth-order valence-electron chi connectivity index (χ4n) is 3.16. The number of nitrogens with zero attached hydrogens (tertiary/aromatic N) is 1. The lowest BCUT2D eigenvalue weighted by Gasteiger charge is -2.31. The molecule has 1 aromatic carbocycles. The molecule has 0 radical (unpaired) electrons. The van der Waals surface area contributed by atoms with Gasteiger partial charge in [-0.1, -0.05) is 0 Å². The van der Waals surface area contributed by atoms with Crippen molar-refractivity contribution in [3.8, 4) is 5.75 Å². The monoisotopic (exact) mass is 319 g/mol. The number of carbonyl (C=O) groups excluding carboxylic acids is 1. The highest BCUT2D eigenvalue weighted by Crippen LogP contribution is 2.34. The van der Waals surface area contributed by atoms with Gasteiger partial charge in [0.2, 0.25) is 0 Å². The van der Waals surface area contributed by atoms with Crippen molar-refractivity contribution in [1.82, 2.24) is 10.2 Å². The molecular formula is C18H29N3O2. The third-order valence-electron chi connectivity index (χ3n) is 5.20. The van der Waals surface area contributed by atoms with Gasteiger partial charge in [-0.3, -0.25) is 4.79 Å². The molecule has 1 heterocycles. The maximum absolute atomic E-state index is 12.4. The molecule has 1 saturated heterocycles. The third-order valence-corrected chi connectivity index (χ3v) is 5.20. The molecule has 128 valence electrons. The highest BCUT2D eigenvalue weighted by atomic mass is 16.5. The minimum Gasteiger partial charge on any atom is -0.483 e. The first kappa shape index (κ1) is 17.6. The fraction of sp³-hybridized carbons (Fsp3) is 0.611. The molecule has 0 saturated carbocycles. The van der Waals surface area contributed by atoms with Crippen molar-refractivity contribution in [1.29, 1.82) is 0 Å². The molecule has 1 aliphatic rings. The molecule has 2 rings (SSSR count). The molecule has 5 heteroatoms. The van der Waals surface area contributed by atoms with Crippen LogP contribution in [0.1, 0.15) is 35.1 Å². The molecule has 1 amide bonds. The number of carbonyl (C=O) groups is 1. The fourth-order valence-corrected chi connectivity index (χ4v) is 3.16. The summed E-state index contributed by atoms with van der Waals surface area (Å²) in [6.45, 7) is 9.99. The summed E-state index contributed by atoms with van der Waals surface area (Å²) in [6.07, 6.45) is 2.00. The summed E-state index contributed by atoms with van der Waals surface area (Å²) in [5.74, 6) is 0.823. The second-order valence-corrected chi connectivity index (χ2v) is 6.52.